The van der Waals surface area contributed by atoms with E-state index in [0.29, 0.717) is 0 Å². The third-order valence-electron chi connectivity index (χ3n) is 3.30. The van der Waals surface area contributed by atoms with Gasteiger partial charge in [-0.25, -0.2) is 4.39 Å². The average Bonchev–Trinajstić information content (AvgIpc) is 2.18. The zero-order valence-corrected chi connectivity index (χ0v) is 12.3. The van der Waals surface area contributed by atoms with Crippen LogP contribution in [0.2, 0.25) is 18.1 Å². The maximum absolute atomic E-state index is 13.6. The van der Waals surface area contributed by atoms with Crippen LogP contribution in [0.25, 0.3) is 0 Å². The van der Waals surface area contributed by atoms with E-state index >= 15 is 0 Å². The van der Waals surface area contributed by atoms with Crippen molar-refractivity contribution < 1.29 is 13.7 Å². The number of hydrogen-bond donors (Lipinski definition) is 0. The zero-order chi connectivity index (χ0) is 14.1. The predicted molar refractivity (Wildman–Crippen MR) is 70.9 cm³/mol. The molecule has 0 amide bonds. The number of nitro benzene ring substituents is 1. The molecule has 1 aromatic carbocycles. The number of non-ortho nitro benzene ring substituents is 1. The summed E-state index contributed by atoms with van der Waals surface area (Å²) in [4.78, 5) is 10.1. The molecule has 0 saturated heterocycles. The van der Waals surface area contributed by atoms with Gasteiger partial charge in [0.15, 0.2) is 5.82 Å². The molecule has 1 aromatic rings. The highest BCUT2D eigenvalue weighted by Gasteiger charge is 2.39. The average molecular weight is 271 g/mol. The third kappa shape index (κ3) is 3.07. The molecular weight excluding hydrogens is 253 g/mol. The van der Waals surface area contributed by atoms with Crippen molar-refractivity contribution in [1.82, 2.24) is 0 Å². The molecular formula is C12H18FNO3Si. The molecule has 0 N–H and O–H groups in total. The molecule has 0 atom stereocenters. The van der Waals surface area contributed by atoms with Crippen molar-refractivity contribution in [1.29, 1.82) is 0 Å². The lowest BCUT2D eigenvalue weighted by Crippen LogP contribution is -2.44. The van der Waals surface area contributed by atoms with Gasteiger partial charge < -0.3 is 4.43 Å². The fourth-order valence-corrected chi connectivity index (χ4v) is 2.12. The van der Waals surface area contributed by atoms with Crippen molar-refractivity contribution in [3.8, 4) is 5.75 Å². The second-order valence-electron chi connectivity index (χ2n) is 5.73. The Kier molecular flexibility index (Phi) is 3.80. The number of benzene rings is 1. The first-order chi connectivity index (χ1) is 8.04. The molecule has 18 heavy (non-hydrogen) atoms. The molecule has 0 aliphatic carbocycles. The minimum Gasteiger partial charge on any atom is -0.541 e. The quantitative estimate of drug-likeness (QED) is 0.472. The van der Waals surface area contributed by atoms with Crippen LogP contribution in [0.1, 0.15) is 20.8 Å². The Morgan fingerprint density at radius 3 is 2.33 bits per heavy atom. The number of halogens is 1. The summed E-state index contributed by atoms with van der Waals surface area (Å²) in [6.07, 6.45) is 0. The molecule has 0 radical (unpaired) electrons. The number of nitro groups is 1. The number of hydrogen-bond acceptors (Lipinski definition) is 3. The molecule has 0 spiro atoms. The van der Waals surface area contributed by atoms with Gasteiger partial charge in [0.1, 0.15) is 5.75 Å². The highest BCUT2D eigenvalue weighted by Crippen LogP contribution is 2.38. The Balaban J connectivity index is 3.11. The van der Waals surface area contributed by atoms with Gasteiger partial charge in [-0.15, -0.1) is 0 Å². The van der Waals surface area contributed by atoms with Crippen LogP contribution in [0.4, 0.5) is 10.1 Å². The molecule has 0 unspecified atom stereocenters. The molecule has 0 aliphatic rings. The number of rotatable bonds is 3. The first-order valence-electron chi connectivity index (χ1n) is 5.67. The lowest BCUT2D eigenvalue weighted by Gasteiger charge is -2.36. The second-order valence-corrected chi connectivity index (χ2v) is 10.5. The van der Waals surface area contributed by atoms with Gasteiger partial charge >= 0.3 is 0 Å². The lowest BCUT2D eigenvalue weighted by atomic mass is 10.2. The van der Waals surface area contributed by atoms with E-state index in [1.54, 1.807) is 0 Å². The molecule has 0 bridgehead atoms. The van der Waals surface area contributed by atoms with Gasteiger partial charge in [-0.1, -0.05) is 20.8 Å². The van der Waals surface area contributed by atoms with E-state index < -0.39 is 19.1 Å². The summed E-state index contributed by atoms with van der Waals surface area (Å²) >= 11 is 0. The van der Waals surface area contributed by atoms with Gasteiger partial charge in [-0.2, -0.15) is 0 Å². The van der Waals surface area contributed by atoms with Crippen LogP contribution >= 0.6 is 0 Å². The van der Waals surface area contributed by atoms with Crippen molar-refractivity contribution in [3.63, 3.8) is 0 Å². The Morgan fingerprint density at radius 2 is 1.89 bits per heavy atom. The van der Waals surface area contributed by atoms with Crippen LogP contribution in [0, 0.1) is 15.9 Å². The Hall–Kier alpha value is -1.43. The van der Waals surface area contributed by atoms with Crippen molar-refractivity contribution in [2.45, 2.75) is 38.9 Å². The van der Waals surface area contributed by atoms with Crippen molar-refractivity contribution in [2.75, 3.05) is 0 Å². The van der Waals surface area contributed by atoms with E-state index in [1.807, 2.05) is 33.9 Å². The Bertz CT molecular complexity index is 469. The fourth-order valence-electron chi connectivity index (χ4n) is 1.11. The first kappa shape index (κ1) is 14.6. The van der Waals surface area contributed by atoms with Gasteiger partial charge in [0.25, 0.3) is 14.0 Å². The standard InChI is InChI=1S/C12H18FNO3Si/c1-12(2,3)18(4,5)17-11-8-9(14(15)16)6-7-10(11)13/h6-8H,1-5H3. The molecule has 100 valence electrons. The summed E-state index contributed by atoms with van der Waals surface area (Å²) < 4.78 is 19.4. The second kappa shape index (κ2) is 4.68. The monoisotopic (exact) mass is 271 g/mol. The summed E-state index contributed by atoms with van der Waals surface area (Å²) in [5.74, 6) is -0.596. The smallest absolute Gasteiger partial charge is 0.273 e. The van der Waals surface area contributed by atoms with Gasteiger partial charge in [0, 0.05) is 6.07 Å². The maximum atomic E-state index is 13.6. The van der Waals surface area contributed by atoms with E-state index in [1.165, 1.54) is 0 Å². The lowest BCUT2D eigenvalue weighted by molar-refractivity contribution is -0.385. The molecule has 4 nitrogen and oxygen atoms in total. The molecule has 6 heteroatoms. The highest BCUT2D eigenvalue weighted by molar-refractivity contribution is 6.74. The largest absolute Gasteiger partial charge is 0.541 e. The van der Waals surface area contributed by atoms with E-state index in [4.69, 9.17) is 4.43 Å². The van der Waals surface area contributed by atoms with Gasteiger partial charge in [-0.05, 0) is 24.2 Å². The summed E-state index contributed by atoms with van der Waals surface area (Å²) in [7, 11) is -2.20. The van der Waals surface area contributed by atoms with Crippen molar-refractivity contribution in [3.05, 3.63) is 34.1 Å². The topological polar surface area (TPSA) is 52.4 Å². The summed E-state index contributed by atoms with van der Waals surface area (Å²) in [6, 6.07) is 3.35. The van der Waals surface area contributed by atoms with Crippen LogP contribution in [-0.2, 0) is 0 Å². The Labute approximate surface area is 107 Å². The van der Waals surface area contributed by atoms with Gasteiger partial charge in [0.2, 0.25) is 0 Å². The third-order valence-corrected chi connectivity index (χ3v) is 7.64. The van der Waals surface area contributed by atoms with Crippen LogP contribution in [-0.4, -0.2) is 13.2 Å². The van der Waals surface area contributed by atoms with Crippen LogP contribution in [0.5, 0.6) is 5.75 Å². The highest BCUT2D eigenvalue weighted by atomic mass is 28.4. The maximum Gasteiger partial charge on any atom is 0.273 e. The SMILES string of the molecule is CC(C)(C)[Si](C)(C)Oc1cc([N+](=O)[O-])ccc1F. The molecule has 0 heterocycles. The van der Waals surface area contributed by atoms with Crippen LogP contribution in [0.15, 0.2) is 18.2 Å². The molecule has 0 aliphatic heterocycles. The molecule has 0 aromatic heterocycles. The van der Waals surface area contributed by atoms with Gasteiger partial charge in [0.05, 0.1) is 11.0 Å². The minimum atomic E-state index is -2.20. The minimum absolute atomic E-state index is 0.0317. The van der Waals surface area contributed by atoms with E-state index in [-0.39, 0.29) is 16.5 Å². The van der Waals surface area contributed by atoms with E-state index in [0.717, 1.165) is 18.2 Å². The fraction of sp³-hybridized carbons (Fsp3) is 0.500. The van der Waals surface area contributed by atoms with E-state index in [9.17, 15) is 14.5 Å². The molecule has 1 rings (SSSR count). The normalized spacial score (nSPS) is 12.3. The van der Waals surface area contributed by atoms with Crippen LogP contribution in [0.3, 0.4) is 0 Å². The summed E-state index contributed by atoms with van der Waals surface area (Å²) in [6.45, 7) is 9.99. The molecule has 0 saturated carbocycles. The first-order valence-corrected chi connectivity index (χ1v) is 8.58. The van der Waals surface area contributed by atoms with Crippen LogP contribution < -0.4 is 4.43 Å². The molecule has 0 fully saturated rings. The number of nitrogens with zero attached hydrogens (tertiary/aromatic N) is 1. The van der Waals surface area contributed by atoms with E-state index in [2.05, 4.69) is 0 Å². The zero-order valence-electron chi connectivity index (χ0n) is 11.3. The Morgan fingerprint density at radius 1 is 1.33 bits per heavy atom. The summed E-state index contributed by atoms with van der Waals surface area (Å²) in [5, 5.41) is 10.6. The van der Waals surface area contributed by atoms with Gasteiger partial charge in [-0.3, -0.25) is 10.1 Å². The predicted octanol–water partition coefficient (Wildman–Crippen LogP) is 4.12. The summed E-state index contributed by atoms with van der Waals surface area (Å²) in [5.41, 5.74) is -0.162. The van der Waals surface area contributed by atoms with Crippen molar-refractivity contribution >= 4 is 14.0 Å². The van der Waals surface area contributed by atoms with Crippen molar-refractivity contribution in [2.24, 2.45) is 0 Å².